The Labute approximate surface area is 65.4 Å². The van der Waals surface area contributed by atoms with E-state index in [1.807, 2.05) is 30.3 Å². The van der Waals surface area contributed by atoms with Crippen molar-refractivity contribution in [1.29, 1.82) is 0 Å². The van der Waals surface area contributed by atoms with Crippen molar-refractivity contribution in [3.05, 3.63) is 40.8 Å². The number of nitrogens with one attached hydrogen (secondary N) is 1. The van der Waals surface area contributed by atoms with Crippen LogP contribution in [0.1, 0.15) is 5.56 Å². The Morgan fingerprint density at radius 2 is 2.00 bits per heavy atom. The highest BCUT2D eigenvalue weighted by Gasteiger charge is 1.88. The molecule has 1 aromatic carbocycles. The quantitative estimate of drug-likeness (QED) is 0.401. The molecule has 0 bridgehead atoms. The number of rotatable bonds is 4. The second kappa shape index (κ2) is 4.44. The van der Waals surface area contributed by atoms with Gasteiger partial charge in [-0.2, -0.15) is 0 Å². The molecule has 0 heterocycles. The minimum atomic E-state index is 0.605. The van der Waals surface area contributed by atoms with Crippen molar-refractivity contribution in [2.45, 2.75) is 6.42 Å². The maximum atomic E-state index is 9.63. The van der Waals surface area contributed by atoms with Crippen molar-refractivity contribution in [1.82, 2.24) is 5.43 Å². The van der Waals surface area contributed by atoms with Gasteiger partial charge in [-0.05, 0) is 12.0 Å². The summed E-state index contributed by atoms with van der Waals surface area (Å²) in [7, 11) is 0. The summed E-state index contributed by atoms with van der Waals surface area (Å²) >= 11 is 0. The number of nitroso groups, excluding NO2 is 1. The van der Waals surface area contributed by atoms with E-state index in [0.29, 0.717) is 6.54 Å². The minimum absolute atomic E-state index is 0.605. The van der Waals surface area contributed by atoms with E-state index in [9.17, 15) is 4.91 Å². The molecule has 0 saturated carbocycles. The van der Waals surface area contributed by atoms with E-state index in [-0.39, 0.29) is 0 Å². The first-order chi connectivity index (χ1) is 5.43. The second-order valence-electron chi connectivity index (χ2n) is 2.23. The Morgan fingerprint density at radius 3 is 2.64 bits per heavy atom. The predicted octanol–water partition coefficient (Wildman–Crippen LogP) is 1.50. The van der Waals surface area contributed by atoms with Gasteiger partial charge in [0.25, 0.3) is 0 Å². The Hall–Kier alpha value is -1.38. The minimum Gasteiger partial charge on any atom is -0.273 e. The molecule has 0 aliphatic heterocycles. The maximum Gasteiger partial charge on any atom is 0.0496 e. The lowest BCUT2D eigenvalue weighted by molar-refractivity contribution is 0.724. The first kappa shape index (κ1) is 7.72. The zero-order valence-corrected chi connectivity index (χ0v) is 6.16. The first-order valence-corrected chi connectivity index (χ1v) is 3.52. The van der Waals surface area contributed by atoms with E-state index in [4.69, 9.17) is 0 Å². The number of nitrogens with zero attached hydrogens (tertiary/aromatic N) is 1. The molecule has 0 saturated heterocycles. The predicted molar refractivity (Wildman–Crippen MR) is 43.9 cm³/mol. The molecule has 1 aromatic rings. The van der Waals surface area contributed by atoms with Gasteiger partial charge >= 0.3 is 0 Å². The highest BCUT2D eigenvalue weighted by molar-refractivity contribution is 5.14. The van der Waals surface area contributed by atoms with Crippen molar-refractivity contribution in [3.8, 4) is 0 Å². The fourth-order valence-corrected chi connectivity index (χ4v) is 0.891. The standard InChI is InChI=1S/C8H10N2O/c11-10-9-7-6-8-4-2-1-3-5-8/h1-5H,6-7H2,(H,9,11). The van der Waals surface area contributed by atoms with Crippen LogP contribution in [-0.4, -0.2) is 6.54 Å². The Balaban J connectivity index is 2.33. The summed E-state index contributed by atoms with van der Waals surface area (Å²) in [6, 6.07) is 9.96. The average molecular weight is 150 g/mol. The van der Waals surface area contributed by atoms with Crippen LogP contribution in [0.2, 0.25) is 0 Å². The van der Waals surface area contributed by atoms with Crippen LogP contribution in [0.3, 0.4) is 0 Å². The molecular formula is C8H10N2O. The zero-order chi connectivity index (χ0) is 7.94. The van der Waals surface area contributed by atoms with E-state index in [1.165, 1.54) is 5.56 Å². The van der Waals surface area contributed by atoms with Crippen LogP contribution >= 0.6 is 0 Å². The lowest BCUT2D eigenvalue weighted by Crippen LogP contribution is -2.08. The van der Waals surface area contributed by atoms with Crippen LogP contribution in [0, 0.1) is 4.91 Å². The van der Waals surface area contributed by atoms with Gasteiger partial charge in [0.2, 0.25) is 0 Å². The van der Waals surface area contributed by atoms with Crippen molar-refractivity contribution in [3.63, 3.8) is 0 Å². The van der Waals surface area contributed by atoms with Crippen molar-refractivity contribution >= 4 is 0 Å². The maximum absolute atomic E-state index is 9.63. The van der Waals surface area contributed by atoms with Gasteiger partial charge in [0.1, 0.15) is 0 Å². The van der Waals surface area contributed by atoms with Gasteiger partial charge in [-0.25, -0.2) is 0 Å². The monoisotopic (exact) mass is 150 g/mol. The fraction of sp³-hybridized carbons (Fsp3) is 0.250. The molecular weight excluding hydrogens is 140 g/mol. The third-order valence-corrected chi connectivity index (χ3v) is 1.43. The molecule has 1 rings (SSSR count). The van der Waals surface area contributed by atoms with E-state index < -0.39 is 0 Å². The SMILES string of the molecule is O=NNCCc1ccccc1. The molecule has 3 heteroatoms. The van der Waals surface area contributed by atoms with Gasteiger partial charge in [0.05, 0.1) is 0 Å². The summed E-state index contributed by atoms with van der Waals surface area (Å²) in [5, 5.41) is 2.55. The third kappa shape index (κ3) is 2.80. The van der Waals surface area contributed by atoms with E-state index >= 15 is 0 Å². The van der Waals surface area contributed by atoms with Crippen molar-refractivity contribution in [2.75, 3.05) is 6.54 Å². The molecule has 0 amide bonds. The first-order valence-electron chi connectivity index (χ1n) is 3.52. The van der Waals surface area contributed by atoms with Gasteiger partial charge in [-0.15, -0.1) is 4.91 Å². The lowest BCUT2D eigenvalue weighted by atomic mass is 10.2. The van der Waals surface area contributed by atoms with Crippen molar-refractivity contribution < 1.29 is 0 Å². The third-order valence-electron chi connectivity index (χ3n) is 1.43. The average Bonchev–Trinajstić information content (AvgIpc) is 2.07. The van der Waals surface area contributed by atoms with Crippen LogP contribution in [0.4, 0.5) is 0 Å². The Morgan fingerprint density at radius 1 is 1.27 bits per heavy atom. The van der Waals surface area contributed by atoms with Gasteiger partial charge in [-0.3, -0.25) is 5.43 Å². The normalized spacial score (nSPS) is 9.09. The molecule has 0 aliphatic carbocycles. The molecule has 1 N–H and O–H groups in total. The van der Waals surface area contributed by atoms with Crippen LogP contribution in [0.15, 0.2) is 35.6 Å². The molecule has 0 unspecified atom stereocenters. The number of benzene rings is 1. The Kier molecular flexibility index (Phi) is 3.12. The number of hydrogen-bond acceptors (Lipinski definition) is 2. The topological polar surface area (TPSA) is 41.5 Å². The Bertz CT molecular complexity index is 211. The molecule has 0 aromatic heterocycles. The van der Waals surface area contributed by atoms with Crippen LogP contribution in [0.5, 0.6) is 0 Å². The number of hydrogen-bond donors (Lipinski definition) is 1. The van der Waals surface area contributed by atoms with E-state index in [2.05, 4.69) is 10.7 Å². The second-order valence-corrected chi connectivity index (χ2v) is 2.23. The van der Waals surface area contributed by atoms with Gasteiger partial charge in [-0.1, -0.05) is 30.3 Å². The summed E-state index contributed by atoms with van der Waals surface area (Å²) in [6.07, 6.45) is 0.840. The van der Waals surface area contributed by atoms with E-state index in [1.54, 1.807) is 0 Å². The van der Waals surface area contributed by atoms with Gasteiger partial charge in [0, 0.05) is 11.8 Å². The molecule has 58 valence electrons. The van der Waals surface area contributed by atoms with Crippen LogP contribution < -0.4 is 5.43 Å². The molecule has 0 fully saturated rings. The largest absolute Gasteiger partial charge is 0.273 e. The summed E-state index contributed by atoms with van der Waals surface area (Å²) < 4.78 is 0. The smallest absolute Gasteiger partial charge is 0.0496 e. The zero-order valence-electron chi connectivity index (χ0n) is 6.16. The summed E-state index contributed by atoms with van der Waals surface area (Å²) in [5.74, 6) is 0. The lowest BCUT2D eigenvalue weighted by Gasteiger charge is -1.97. The highest BCUT2D eigenvalue weighted by atomic mass is 16.3. The molecule has 11 heavy (non-hydrogen) atoms. The molecule has 0 radical (unpaired) electrons. The van der Waals surface area contributed by atoms with Crippen molar-refractivity contribution in [2.24, 2.45) is 5.29 Å². The molecule has 0 spiro atoms. The summed E-state index contributed by atoms with van der Waals surface area (Å²) in [5.41, 5.74) is 3.58. The van der Waals surface area contributed by atoms with Gasteiger partial charge < -0.3 is 0 Å². The van der Waals surface area contributed by atoms with Gasteiger partial charge in [0.15, 0.2) is 0 Å². The molecule has 3 nitrogen and oxygen atoms in total. The van der Waals surface area contributed by atoms with E-state index in [0.717, 1.165) is 6.42 Å². The van der Waals surface area contributed by atoms with Crippen LogP contribution in [-0.2, 0) is 6.42 Å². The van der Waals surface area contributed by atoms with Crippen LogP contribution in [0.25, 0.3) is 0 Å². The summed E-state index contributed by atoms with van der Waals surface area (Å²) in [6.45, 7) is 0.605. The fourth-order valence-electron chi connectivity index (χ4n) is 0.891. The highest BCUT2D eigenvalue weighted by Crippen LogP contribution is 1.97. The molecule has 0 atom stereocenters. The summed E-state index contributed by atoms with van der Waals surface area (Å²) in [4.78, 5) is 9.63. The molecule has 0 aliphatic rings.